The third-order valence-corrected chi connectivity index (χ3v) is 5.74. The summed E-state index contributed by atoms with van der Waals surface area (Å²) >= 11 is 3.40. The van der Waals surface area contributed by atoms with Gasteiger partial charge in [0.1, 0.15) is 11.6 Å². The van der Waals surface area contributed by atoms with E-state index in [2.05, 4.69) is 0 Å². The summed E-state index contributed by atoms with van der Waals surface area (Å²) < 4.78 is 0. The molecule has 0 aromatic heterocycles. The van der Waals surface area contributed by atoms with Crippen molar-refractivity contribution in [3.63, 3.8) is 0 Å². The number of hydrogen-bond acceptors (Lipinski definition) is 6. The number of thioether (sulfide) groups is 2. The molecule has 0 aromatic rings. The third kappa shape index (κ3) is 7.61. The quantitative estimate of drug-likeness (QED) is 0.575. The minimum absolute atomic E-state index is 0.118. The number of rotatable bonds is 11. The van der Waals surface area contributed by atoms with Gasteiger partial charge in [0.05, 0.1) is 6.54 Å². The van der Waals surface area contributed by atoms with Crippen LogP contribution in [0.4, 0.5) is 0 Å². The minimum atomic E-state index is 0.118. The number of carbonyl (C=O) groups excluding carboxylic acids is 3. The molecule has 0 aliphatic carbocycles. The highest BCUT2D eigenvalue weighted by molar-refractivity contribution is 8.18. The van der Waals surface area contributed by atoms with E-state index in [0.29, 0.717) is 45.3 Å². The average Bonchev–Trinajstić information content (AvgIpc) is 2.57. The van der Waals surface area contributed by atoms with Gasteiger partial charge in [-0.25, -0.2) is 0 Å². The molecule has 0 unspecified atom stereocenters. The summed E-state index contributed by atoms with van der Waals surface area (Å²) in [5.74, 6) is 1.28. The second kappa shape index (κ2) is 11.0. The Balaban J connectivity index is 2.54. The van der Waals surface area contributed by atoms with Gasteiger partial charge in [0.2, 0.25) is 0 Å². The van der Waals surface area contributed by atoms with E-state index >= 15 is 0 Å². The fourth-order valence-corrected chi connectivity index (χ4v) is 3.98. The zero-order chi connectivity index (χ0) is 16.4. The lowest BCUT2D eigenvalue weighted by Crippen LogP contribution is -2.34. The highest BCUT2D eigenvalue weighted by Gasteiger charge is 2.18. The number of carbonyl (C=O) groups is 3. The van der Waals surface area contributed by atoms with Crippen molar-refractivity contribution in [2.75, 3.05) is 30.5 Å². The Morgan fingerprint density at radius 3 is 2.14 bits per heavy atom. The first-order valence-corrected chi connectivity index (χ1v) is 9.94. The highest BCUT2D eigenvalue weighted by Crippen LogP contribution is 2.25. The summed E-state index contributed by atoms with van der Waals surface area (Å²) in [7, 11) is 0. The zero-order valence-corrected chi connectivity index (χ0v) is 15.1. The van der Waals surface area contributed by atoms with Gasteiger partial charge in [-0.1, -0.05) is 13.8 Å². The molecule has 0 radical (unpaired) electrons. The van der Waals surface area contributed by atoms with Crippen LogP contribution in [0.25, 0.3) is 0 Å². The Labute approximate surface area is 141 Å². The molecular weight excluding hydrogens is 318 g/mol. The maximum Gasteiger partial charge on any atom is 0.174 e. The average molecular weight is 344 g/mol. The fraction of sp³-hybridized carbons (Fsp3) is 0.688. The summed E-state index contributed by atoms with van der Waals surface area (Å²) in [6, 6.07) is 0. The topological polar surface area (TPSA) is 54.5 Å². The molecule has 4 nitrogen and oxygen atoms in total. The van der Waals surface area contributed by atoms with E-state index in [1.54, 1.807) is 23.5 Å². The van der Waals surface area contributed by atoms with Crippen LogP contribution in [0.1, 0.15) is 39.5 Å². The third-order valence-electron chi connectivity index (χ3n) is 3.56. The first-order valence-electron chi connectivity index (χ1n) is 7.74. The predicted octanol–water partition coefficient (Wildman–Crippen LogP) is 2.92. The Morgan fingerprint density at radius 1 is 1.09 bits per heavy atom. The van der Waals surface area contributed by atoms with E-state index in [0.717, 1.165) is 16.4 Å². The van der Waals surface area contributed by atoms with Gasteiger partial charge in [0.15, 0.2) is 5.78 Å². The van der Waals surface area contributed by atoms with E-state index < -0.39 is 0 Å². The second-order valence-corrected chi connectivity index (χ2v) is 7.47. The number of nitrogens with zero attached hydrogens (tertiary/aromatic N) is 1. The lowest BCUT2D eigenvalue weighted by Gasteiger charge is -2.22. The fourth-order valence-electron chi connectivity index (χ4n) is 2.01. The van der Waals surface area contributed by atoms with Gasteiger partial charge in [0, 0.05) is 55.2 Å². The van der Waals surface area contributed by atoms with Crippen molar-refractivity contribution >= 4 is 40.9 Å². The smallest absolute Gasteiger partial charge is 0.174 e. The second-order valence-electron chi connectivity index (χ2n) is 5.26. The van der Waals surface area contributed by atoms with Crippen molar-refractivity contribution in [3.8, 4) is 0 Å². The van der Waals surface area contributed by atoms with E-state index in [1.807, 2.05) is 24.2 Å². The molecule has 0 spiro atoms. The largest absolute Gasteiger partial charge is 0.300 e. The van der Waals surface area contributed by atoms with Crippen molar-refractivity contribution in [2.24, 2.45) is 0 Å². The van der Waals surface area contributed by atoms with Crippen LogP contribution in [0.15, 0.2) is 11.0 Å². The summed E-state index contributed by atoms with van der Waals surface area (Å²) in [4.78, 5) is 37.3. The van der Waals surface area contributed by atoms with Gasteiger partial charge in [-0.15, -0.1) is 23.5 Å². The summed E-state index contributed by atoms with van der Waals surface area (Å²) in [5, 5.41) is 2.95. The number of ketones is 3. The summed E-state index contributed by atoms with van der Waals surface area (Å²) in [5.41, 5.74) is 0.856. The first kappa shape index (κ1) is 19.5. The molecule has 0 amide bonds. The SMILES string of the molecule is CCC(=O)CCN(CCC(=O)CC)CC(=O)C1=CSCSC1. The van der Waals surface area contributed by atoms with E-state index in [1.165, 1.54) is 0 Å². The Morgan fingerprint density at radius 2 is 1.68 bits per heavy atom. The summed E-state index contributed by atoms with van der Waals surface area (Å²) in [6.07, 6.45) is 1.95. The Bertz CT molecular complexity index is 415. The molecule has 0 N–H and O–H groups in total. The van der Waals surface area contributed by atoms with Crippen LogP contribution in [0.2, 0.25) is 0 Å². The summed E-state index contributed by atoms with van der Waals surface area (Å²) in [6.45, 7) is 5.12. The molecule has 0 atom stereocenters. The molecule has 0 aromatic carbocycles. The van der Waals surface area contributed by atoms with E-state index in [4.69, 9.17) is 0 Å². The molecule has 22 heavy (non-hydrogen) atoms. The van der Waals surface area contributed by atoms with Crippen LogP contribution in [0.5, 0.6) is 0 Å². The lowest BCUT2D eigenvalue weighted by atomic mass is 10.1. The number of Topliss-reactive ketones (excluding diaryl/α,β-unsaturated/α-hetero) is 3. The Hall–Kier alpha value is -0.590. The first-order chi connectivity index (χ1) is 10.6. The molecule has 1 rings (SSSR count). The standard InChI is InChI=1S/C16H25NO3S2/c1-3-14(18)5-7-17(8-6-15(19)4-2)9-16(20)13-10-21-12-22-11-13/h10H,3-9,11-12H2,1-2H3. The molecule has 1 heterocycles. The van der Waals surface area contributed by atoms with E-state index in [-0.39, 0.29) is 17.3 Å². The molecule has 1 aliphatic rings. The van der Waals surface area contributed by atoms with Crippen molar-refractivity contribution in [1.82, 2.24) is 4.90 Å². The molecule has 0 bridgehead atoms. The molecule has 124 valence electrons. The van der Waals surface area contributed by atoms with Crippen molar-refractivity contribution in [3.05, 3.63) is 11.0 Å². The lowest BCUT2D eigenvalue weighted by molar-refractivity contribution is -0.121. The van der Waals surface area contributed by atoms with Gasteiger partial charge in [-0.05, 0) is 5.41 Å². The van der Waals surface area contributed by atoms with Crippen LogP contribution in [0, 0.1) is 0 Å². The van der Waals surface area contributed by atoms with Crippen molar-refractivity contribution in [2.45, 2.75) is 39.5 Å². The van der Waals surface area contributed by atoms with Gasteiger partial charge >= 0.3 is 0 Å². The maximum absolute atomic E-state index is 12.3. The Kier molecular flexibility index (Phi) is 9.75. The van der Waals surface area contributed by atoms with Crippen LogP contribution < -0.4 is 0 Å². The molecule has 0 saturated heterocycles. The van der Waals surface area contributed by atoms with E-state index in [9.17, 15) is 14.4 Å². The van der Waals surface area contributed by atoms with Gasteiger partial charge in [-0.3, -0.25) is 19.3 Å². The monoisotopic (exact) mass is 343 g/mol. The number of hydrogen-bond donors (Lipinski definition) is 0. The van der Waals surface area contributed by atoms with Crippen LogP contribution in [-0.2, 0) is 14.4 Å². The molecular formula is C16H25NO3S2. The zero-order valence-electron chi connectivity index (χ0n) is 13.4. The van der Waals surface area contributed by atoms with Crippen LogP contribution in [0.3, 0.4) is 0 Å². The van der Waals surface area contributed by atoms with Gasteiger partial charge in [-0.2, -0.15) is 0 Å². The predicted molar refractivity (Wildman–Crippen MR) is 94.3 cm³/mol. The maximum atomic E-state index is 12.3. The van der Waals surface area contributed by atoms with Gasteiger partial charge in [0.25, 0.3) is 0 Å². The molecule has 1 aliphatic heterocycles. The van der Waals surface area contributed by atoms with Crippen LogP contribution >= 0.6 is 23.5 Å². The highest BCUT2D eigenvalue weighted by atomic mass is 32.2. The molecule has 0 saturated carbocycles. The molecule has 6 heteroatoms. The molecule has 0 fully saturated rings. The normalized spacial score (nSPS) is 14.8. The minimum Gasteiger partial charge on any atom is -0.300 e. The van der Waals surface area contributed by atoms with Crippen molar-refractivity contribution in [1.29, 1.82) is 0 Å². The van der Waals surface area contributed by atoms with Gasteiger partial charge < -0.3 is 0 Å². The van der Waals surface area contributed by atoms with Crippen molar-refractivity contribution < 1.29 is 14.4 Å². The van der Waals surface area contributed by atoms with Crippen LogP contribution in [-0.4, -0.2) is 52.7 Å².